The van der Waals surface area contributed by atoms with Crippen LogP contribution >= 0.6 is 0 Å². The summed E-state index contributed by atoms with van der Waals surface area (Å²) >= 11 is 0. The van der Waals surface area contributed by atoms with E-state index in [1.165, 1.54) is 25.3 Å². The Balaban J connectivity index is 2.75. The molecule has 0 saturated heterocycles. The fourth-order valence-corrected chi connectivity index (χ4v) is 1.85. The van der Waals surface area contributed by atoms with Crippen LogP contribution in [0.15, 0.2) is 18.2 Å². The van der Waals surface area contributed by atoms with Crippen LogP contribution in [0.2, 0.25) is 0 Å². The molecule has 0 spiro atoms. The van der Waals surface area contributed by atoms with E-state index in [9.17, 15) is 14.0 Å². The molecule has 0 radical (unpaired) electrons. The molecule has 1 atom stereocenters. The van der Waals surface area contributed by atoms with Gasteiger partial charge in [-0.05, 0) is 24.6 Å². The van der Waals surface area contributed by atoms with Crippen LogP contribution in [0.5, 0.6) is 5.75 Å². The highest BCUT2D eigenvalue weighted by atomic mass is 19.1. The van der Waals surface area contributed by atoms with E-state index in [0.717, 1.165) is 0 Å². The van der Waals surface area contributed by atoms with Gasteiger partial charge in [0, 0.05) is 5.56 Å². The lowest BCUT2D eigenvalue weighted by Crippen LogP contribution is -2.41. The number of carboxylic acids is 1. The molecule has 0 saturated carbocycles. The van der Waals surface area contributed by atoms with Crippen molar-refractivity contribution in [1.82, 2.24) is 5.32 Å². The molecule has 0 aliphatic heterocycles. The number of hydrogen-bond acceptors (Lipinski definition) is 3. The van der Waals surface area contributed by atoms with E-state index in [2.05, 4.69) is 5.32 Å². The first-order chi connectivity index (χ1) is 9.47. The maximum absolute atomic E-state index is 13.2. The fraction of sp³-hybridized carbons (Fsp3) is 0.429. The van der Waals surface area contributed by atoms with Crippen molar-refractivity contribution < 1.29 is 23.8 Å². The number of carboxylic acid groups (broad SMARTS) is 1. The molecule has 1 amide bonds. The van der Waals surface area contributed by atoms with Gasteiger partial charge >= 0.3 is 5.97 Å². The largest absolute Gasteiger partial charge is 0.496 e. The maximum Gasteiger partial charge on any atom is 0.326 e. The van der Waals surface area contributed by atoms with Crippen molar-refractivity contribution in [2.24, 2.45) is 0 Å². The van der Waals surface area contributed by atoms with Gasteiger partial charge in [0.05, 0.1) is 13.5 Å². The van der Waals surface area contributed by atoms with E-state index in [0.29, 0.717) is 24.2 Å². The Morgan fingerprint density at radius 1 is 1.45 bits per heavy atom. The first-order valence-corrected chi connectivity index (χ1v) is 6.32. The van der Waals surface area contributed by atoms with Crippen LogP contribution in [0.3, 0.4) is 0 Å². The molecule has 0 bridgehead atoms. The zero-order chi connectivity index (χ0) is 15.1. The van der Waals surface area contributed by atoms with Crippen molar-refractivity contribution in [1.29, 1.82) is 0 Å². The van der Waals surface area contributed by atoms with E-state index in [-0.39, 0.29) is 6.42 Å². The molecule has 110 valence electrons. The van der Waals surface area contributed by atoms with Gasteiger partial charge < -0.3 is 15.2 Å². The lowest BCUT2D eigenvalue weighted by Gasteiger charge is -2.14. The Morgan fingerprint density at radius 3 is 2.70 bits per heavy atom. The minimum absolute atomic E-state index is 0.131. The lowest BCUT2D eigenvalue weighted by atomic mass is 10.1. The molecule has 6 heteroatoms. The minimum Gasteiger partial charge on any atom is -0.496 e. The number of carbonyl (C=O) groups excluding carboxylic acids is 1. The molecule has 2 N–H and O–H groups in total. The Kier molecular flexibility index (Phi) is 5.96. The van der Waals surface area contributed by atoms with Crippen molar-refractivity contribution in [3.05, 3.63) is 29.6 Å². The first-order valence-electron chi connectivity index (χ1n) is 6.32. The SMILES string of the molecule is CCCC(NC(=O)Cc1cc(F)ccc1OC)C(=O)O. The van der Waals surface area contributed by atoms with E-state index in [4.69, 9.17) is 9.84 Å². The summed E-state index contributed by atoms with van der Waals surface area (Å²) in [5.41, 5.74) is 0.380. The van der Waals surface area contributed by atoms with E-state index in [1.807, 2.05) is 6.92 Å². The molecule has 1 aromatic carbocycles. The number of aliphatic carboxylic acids is 1. The fourth-order valence-electron chi connectivity index (χ4n) is 1.85. The maximum atomic E-state index is 13.2. The van der Waals surface area contributed by atoms with Crippen LogP contribution in [-0.2, 0) is 16.0 Å². The number of benzene rings is 1. The van der Waals surface area contributed by atoms with Gasteiger partial charge in [-0.2, -0.15) is 0 Å². The zero-order valence-electron chi connectivity index (χ0n) is 11.5. The molecular formula is C14H18FNO4. The topological polar surface area (TPSA) is 75.6 Å². The van der Waals surface area contributed by atoms with E-state index in [1.54, 1.807) is 0 Å². The van der Waals surface area contributed by atoms with Crippen molar-refractivity contribution in [2.45, 2.75) is 32.2 Å². The molecule has 20 heavy (non-hydrogen) atoms. The van der Waals surface area contributed by atoms with Gasteiger partial charge in [-0.15, -0.1) is 0 Å². The van der Waals surface area contributed by atoms with E-state index >= 15 is 0 Å². The summed E-state index contributed by atoms with van der Waals surface area (Å²) in [5, 5.41) is 11.4. The van der Waals surface area contributed by atoms with E-state index < -0.39 is 23.7 Å². The number of amides is 1. The second-order valence-electron chi connectivity index (χ2n) is 4.38. The number of nitrogens with one attached hydrogen (secondary N) is 1. The number of halogens is 1. The van der Waals surface area contributed by atoms with Gasteiger partial charge in [0.2, 0.25) is 5.91 Å². The molecule has 5 nitrogen and oxygen atoms in total. The Hall–Kier alpha value is -2.11. The van der Waals surface area contributed by atoms with Crippen molar-refractivity contribution in [3.63, 3.8) is 0 Å². The van der Waals surface area contributed by atoms with Crippen LogP contribution in [0, 0.1) is 5.82 Å². The van der Waals surface area contributed by atoms with Crippen LogP contribution < -0.4 is 10.1 Å². The third-order valence-corrected chi connectivity index (χ3v) is 2.80. The quantitative estimate of drug-likeness (QED) is 0.799. The predicted molar refractivity (Wildman–Crippen MR) is 71.1 cm³/mol. The Bertz CT molecular complexity index is 490. The van der Waals surface area contributed by atoms with Crippen LogP contribution in [0.25, 0.3) is 0 Å². The summed E-state index contributed by atoms with van der Waals surface area (Å²) in [4.78, 5) is 22.8. The summed E-state index contributed by atoms with van der Waals surface area (Å²) in [5.74, 6) is -1.64. The highest BCUT2D eigenvalue weighted by Gasteiger charge is 2.19. The molecular weight excluding hydrogens is 265 g/mol. The van der Waals surface area contributed by atoms with Gasteiger partial charge in [-0.3, -0.25) is 4.79 Å². The third-order valence-electron chi connectivity index (χ3n) is 2.80. The summed E-state index contributed by atoms with van der Waals surface area (Å²) < 4.78 is 18.2. The molecule has 0 aromatic heterocycles. The monoisotopic (exact) mass is 283 g/mol. The summed E-state index contributed by atoms with van der Waals surface area (Å²) in [6, 6.07) is 2.94. The molecule has 1 unspecified atom stereocenters. The number of rotatable bonds is 7. The van der Waals surface area contributed by atoms with Crippen molar-refractivity contribution in [3.8, 4) is 5.75 Å². The predicted octanol–water partition coefficient (Wildman–Crippen LogP) is 1.75. The van der Waals surface area contributed by atoms with Crippen molar-refractivity contribution in [2.75, 3.05) is 7.11 Å². The average molecular weight is 283 g/mol. The smallest absolute Gasteiger partial charge is 0.326 e. The Labute approximate surface area is 116 Å². The Morgan fingerprint density at radius 2 is 2.15 bits per heavy atom. The molecule has 0 aliphatic carbocycles. The highest BCUT2D eigenvalue weighted by Crippen LogP contribution is 2.19. The van der Waals surface area contributed by atoms with Crippen LogP contribution in [0.1, 0.15) is 25.3 Å². The molecule has 1 aromatic rings. The second kappa shape index (κ2) is 7.47. The van der Waals surface area contributed by atoms with Gasteiger partial charge in [0.25, 0.3) is 0 Å². The number of carbonyl (C=O) groups is 2. The number of hydrogen-bond donors (Lipinski definition) is 2. The minimum atomic E-state index is -1.08. The van der Waals surface area contributed by atoms with Crippen LogP contribution in [-0.4, -0.2) is 30.1 Å². The lowest BCUT2D eigenvalue weighted by molar-refractivity contribution is -0.141. The zero-order valence-corrected chi connectivity index (χ0v) is 11.5. The summed E-state index contributed by atoms with van der Waals surface area (Å²) in [6.07, 6.45) is 0.857. The summed E-state index contributed by atoms with van der Waals surface area (Å²) in [7, 11) is 1.42. The van der Waals surface area contributed by atoms with Gasteiger partial charge in [0.15, 0.2) is 0 Å². The second-order valence-corrected chi connectivity index (χ2v) is 4.38. The summed E-state index contributed by atoms with van der Waals surface area (Å²) in [6.45, 7) is 1.83. The normalized spacial score (nSPS) is 11.8. The standard InChI is InChI=1S/C14H18FNO4/c1-3-4-11(14(18)19)16-13(17)8-9-7-10(15)5-6-12(9)20-2/h5-7,11H,3-4,8H2,1-2H3,(H,16,17)(H,18,19). The number of methoxy groups -OCH3 is 1. The number of ether oxygens (including phenoxy) is 1. The first kappa shape index (κ1) is 15.9. The third kappa shape index (κ3) is 4.53. The molecule has 0 heterocycles. The van der Waals surface area contributed by atoms with Gasteiger partial charge in [-0.1, -0.05) is 13.3 Å². The molecule has 1 rings (SSSR count). The highest BCUT2D eigenvalue weighted by molar-refractivity contribution is 5.85. The molecule has 0 aliphatic rings. The van der Waals surface area contributed by atoms with Gasteiger partial charge in [-0.25, -0.2) is 9.18 Å². The van der Waals surface area contributed by atoms with Gasteiger partial charge in [0.1, 0.15) is 17.6 Å². The van der Waals surface area contributed by atoms with Crippen LogP contribution in [0.4, 0.5) is 4.39 Å². The average Bonchev–Trinajstić information content (AvgIpc) is 2.38. The molecule has 0 fully saturated rings. The van der Waals surface area contributed by atoms with Crippen molar-refractivity contribution >= 4 is 11.9 Å².